The predicted octanol–water partition coefficient (Wildman–Crippen LogP) is 2.46. The van der Waals surface area contributed by atoms with Gasteiger partial charge in [-0.05, 0) is 37.3 Å². The third-order valence-corrected chi connectivity index (χ3v) is 6.45. The molecule has 23 heavy (non-hydrogen) atoms. The van der Waals surface area contributed by atoms with Crippen LogP contribution in [0, 0.1) is 5.92 Å². The number of hydrogen-bond donors (Lipinski definition) is 1. The summed E-state index contributed by atoms with van der Waals surface area (Å²) >= 11 is 0. The van der Waals surface area contributed by atoms with Gasteiger partial charge in [0.1, 0.15) is 5.58 Å². The van der Waals surface area contributed by atoms with Crippen molar-refractivity contribution < 1.29 is 17.6 Å². The Labute approximate surface area is 136 Å². The average molecular weight is 335 g/mol. The molecule has 1 aromatic heterocycles. The molecule has 3 unspecified atom stereocenters. The molecule has 124 valence electrons. The van der Waals surface area contributed by atoms with Gasteiger partial charge < -0.3 is 9.15 Å². The van der Waals surface area contributed by atoms with Crippen molar-refractivity contribution in [2.45, 2.75) is 37.9 Å². The van der Waals surface area contributed by atoms with Gasteiger partial charge in [0.05, 0.1) is 24.2 Å². The molecule has 5 nitrogen and oxygen atoms in total. The molecule has 2 aliphatic heterocycles. The monoisotopic (exact) mass is 335 g/mol. The highest BCUT2D eigenvalue weighted by molar-refractivity contribution is 7.89. The van der Waals surface area contributed by atoms with Crippen LogP contribution in [-0.4, -0.2) is 32.9 Å². The zero-order valence-corrected chi connectivity index (χ0v) is 13.7. The second-order valence-electron chi connectivity index (χ2n) is 6.55. The number of para-hydroxylation sites is 1. The number of ether oxygens (including phenoxy) is 1. The molecule has 0 radical (unpaired) electrons. The Kier molecular flexibility index (Phi) is 3.91. The molecule has 2 aliphatic rings. The lowest BCUT2D eigenvalue weighted by atomic mass is 9.91. The third kappa shape index (κ3) is 3.16. The Morgan fingerprint density at radius 2 is 2.09 bits per heavy atom. The normalized spacial score (nSPS) is 27.0. The predicted molar refractivity (Wildman–Crippen MR) is 87.7 cm³/mol. The first kappa shape index (κ1) is 15.2. The summed E-state index contributed by atoms with van der Waals surface area (Å²) in [5.74, 6) is 0.335. The van der Waals surface area contributed by atoms with Crippen LogP contribution in [0.3, 0.4) is 0 Å². The van der Waals surface area contributed by atoms with Gasteiger partial charge in [-0.25, -0.2) is 13.1 Å². The van der Waals surface area contributed by atoms with Crippen LogP contribution in [0.5, 0.6) is 0 Å². The van der Waals surface area contributed by atoms with E-state index in [9.17, 15) is 8.42 Å². The number of fused-ring (bicyclic) bond motifs is 3. The summed E-state index contributed by atoms with van der Waals surface area (Å²) in [6.07, 6.45) is 5.75. The summed E-state index contributed by atoms with van der Waals surface area (Å²) in [5.41, 5.74) is 1.87. The maximum absolute atomic E-state index is 12.3. The summed E-state index contributed by atoms with van der Waals surface area (Å²) in [4.78, 5) is 0. The molecule has 1 N–H and O–H groups in total. The summed E-state index contributed by atoms with van der Waals surface area (Å²) in [5, 5.41) is 1.05. The molecule has 0 saturated carbocycles. The molecule has 6 heteroatoms. The first-order chi connectivity index (χ1) is 11.1. The van der Waals surface area contributed by atoms with E-state index < -0.39 is 10.0 Å². The molecule has 3 atom stereocenters. The fourth-order valence-corrected chi connectivity index (χ4v) is 5.27. The summed E-state index contributed by atoms with van der Waals surface area (Å²) in [6, 6.07) is 7.80. The van der Waals surface area contributed by atoms with Gasteiger partial charge in [0, 0.05) is 17.8 Å². The minimum absolute atomic E-state index is 0.148. The standard InChI is InChI=1S/C17H21NO4S/c19-23(20,11-13-9-14-5-6-16(13)22-14)18-8-7-12-10-21-17-4-2-1-3-15(12)17/h1-4,10,13-14,16,18H,5-9,11H2. The number of benzene rings is 1. The Morgan fingerprint density at radius 3 is 2.87 bits per heavy atom. The smallest absolute Gasteiger partial charge is 0.211 e. The third-order valence-electron chi connectivity index (χ3n) is 4.94. The lowest BCUT2D eigenvalue weighted by molar-refractivity contribution is 0.0952. The van der Waals surface area contributed by atoms with Crippen LogP contribution in [0.4, 0.5) is 0 Å². The number of hydrogen-bond acceptors (Lipinski definition) is 4. The van der Waals surface area contributed by atoms with Crippen molar-refractivity contribution in [2.24, 2.45) is 5.92 Å². The molecule has 0 spiro atoms. The van der Waals surface area contributed by atoms with E-state index in [1.165, 1.54) is 0 Å². The van der Waals surface area contributed by atoms with Crippen LogP contribution in [0.25, 0.3) is 11.0 Å². The number of furan rings is 1. The molecule has 2 saturated heterocycles. The van der Waals surface area contributed by atoms with Gasteiger partial charge in [-0.2, -0.15) is 0 Å². The summed E-state index contributed by atoms with van der Waals surface area (Å²) in [7, 11) is -3.25. The molecule has 1 aromatic carbocycles. The number of sulfonamides is 1. The Balaban J connectivity index is 1.33. The lowest BCUT2D eigenvalue weighted by Crippen LogP contribution is -2.34. The fraction of sp³-hybridized carbons (Fsp3) is 0.529. The van der Waals surface area contributed by atoms with Crippen molar-refractivity contribution in [3.8, 4) is 0 Å². The molecular weight excluding hydrogens is 314 g/mol. The summed E-state index contributed by atoms with van der Waals surface area (Å²) < 4.78 is 38.5. The molecule has 0 amide bonds. The van der Waals surface area contributed by atoms with Crippen molar-refractivity contribution in [3.05, 3.63) is 36.1 Å². The molecule has 2 fully saturated rings. The lowest BCUT2D eigenvalue weighted by Gasteiger charge is -2.18. The Bertz CT molecular complexity index is 798. The topological polar surface area (TPSA) is 68.5 Å². The zero-order valence-electron chi connectivity index (χ0n) is 12.9. The molecule has 2 aromatic rings. The van der Waals surface area contributed by atoms with Gasteiger partial charge >= 0.3 is 0 Å². The SMILES string of the molecule is O=S(=O)(CC1CC2CCC1O2)NCCc1coc2ccccc12. The van der Waals surface area contributed by atoms with Crippen LogP contribution in [0.2, 0.25) is 0 Å². The fourth-order valence-electron chi connectivity index (χ4n) is 3.83. The van der Waals surface area contributed by atoms with E-state index in [4.69, 9.17) is 9.15 Å². The average Bonchev–Trinajstić information content (AvgIpc) is 3.22. The number of rotatable bonds is 6. The minimum atomic E-state index is -3.25. The quantitative estimate of drug-likeness (QED) is 0.880. The molecular formula is C17H21NO4S. The highest BCUT2D eigenvalue weighted by atomic mass is 32.2. The van der Waals surface area contributed by atoms with E-state index in [0.717, 1.165) is 35.8 Å². The van der Waals surface area contributed by atoms with Crippen molar-refractivity contribution in [3.63, 3.8) is 0 Å². The van der Waals surface area contributed by atoms with Crippen LogP contribution in [0.1, 0.15) is 24.8 Å². The molecule has 2 bridgehead atoms. The second kappa shape index (κ2) is 5.92. The van der Waals surface area contributed by atoms with Crippen molar-refractivity contribution >= 4 is 21.0 Å². The second-order valence-corrected chi connectivity index (χ2v) is 8.40. The van der Waals surface area contributed by atoms with Crippen molar-refractivity contribution in [1.29, 1.82) is 0 Å². The van der Waals surface area contributed by atoms with Crippen LogP contribution < -0.4 is 4.72 Å². The van der Waals surface area contributed by atoms with E-state index in [-0.39, 0.29) is 23.9 Å². The van der Waals surface area contributed by atoms with Gasteiger partial charge in [0.2, 0.25) is 10.0 Å². The van der Waals surface area contributed by atoms with E-state index in [1.807, 2.05) is 24.3 Å². The highest BCUT2D eigenvalue weighted by Crippen LogP contribution is 2.39. The van der Waals surface area contributed by atoms with Crippen molar-refractivity contribution in [2.75, 3.05) is 12.3 Å². The highest BCUT2D eigenvalue weighted by Gasteiger charge is 2.42. The first-order valence-electron chi connectivity index (χ1n) is 8.19. The molecule has 3 heterocycles. The van der Waals surface area contributed by atoms with Crippen LogP contribution in [0.15, 0.2) is 34.9 Å². The molecule has 0 aliphatic carbocycles. The Morgan fingerprint density at radius 1 is 1.22 bits per heavy atom. The Hall–Kier alpha value is -1.37. The van der Waals surface area contributed by atoms with E-state index in [2.05, 4.69) is 4.72 Å². The zero-order chi connectivity index (χ0) is 15.9. The van der Waals surface area contributed by atoms with Crippen LogP contribution in [-0.2, 0) is 21.2 Å². The minimum Gasteiger partial charge on any atom is -0.464 e. The van der Waals surface area contributed by atoms with Gasteiger partial charge in [-0.3, -0.25) is 0 Å². The van der Waals surface area contributed by atoms with Crippen molar-refractivity contribution in [1.82, 2.24) is 4.72 Å². The van der Waals surface area contributed by atoms with E-state index >= 15 is 0 Å². The van der Waals surface area contributed by atoms with E-state index in [1.54, 1.807) is 6.26 Å². The van der Waals surface area contributed by atoms with Gasteiger partial charge in [0.15, 0.2) is 0 Å². The van der Waals surface area contributed by atoms with Gasteiger partial charge in [0.25, 0.3) is 0 Å². The van der Waals surface area contributed by atoms with Crippen LogP contribution >= 0.6 is 0 Å². The maximum Gasteiger partial charge on any atom is 0.211 e. The summed E-state index contributed by atoms with van der Waals surface area (Å²) in [6.45, 7) is 0.396. The number of nitrogens with one attached hydrogen (secondary N) is 1. The first-order valence-corrected chi connectivity index (χ1v) is 9.84. The maximum atomic E-state index is 12.3. The van der Waals surface area contributed by atoms with E-state index in [0.29, 0.717) is 13.0 Å². The largest absolute Gasteiger partial charge is 0.464 e. The van der Waals surface area contributed by atoms with Gasteiger partial charge in [-0.15, -0.1) is 0 Å². The van der Waals surface area contributed by atoms with Gasteiger partial charge in [-0.1, -0.05) is 18.2 Å². The molecule has 4 rings (SSSR count).